The first-order valence-electron chi connectivity index (χ1n) is 4.49. The summed E-state index contributed by atoms with van der Waals surface area (Å²) in [6, 6.07) is 2.17. The van der Waals surface area contributed by atoms with E-state index in [2.05, 4.69) is 20.9 Å². The first-order valence-corrected chi connectivity index (χ1v) is 5.29. The molecule has 0 atom stereocenters. The van der Waals surface area contributed by atoms with Gasteiger partial charge in [0.15, 0.2) is 0 Å². The summed E-state index contributed by atoms with van der Waals surface area (Å²) in [7, 11) is 0. The molecule has 0 saturated carbocycles. The van der Waals surface area contributed by atoms with Gasteiger partial charge in [-0.25, -0.2) is 13.8 Å². The fourth-order valence-electron chi connectivity index (χ4n) is 1.39. The van der Waals surface area contributed by atoms with E-state index in [1.807, 2.05) is 0 Å². The summed E-state index contributed by atoms with van der Waals surface area (Å²) in [5.41, 5.74) is 6.17. The van der Waals surface area contributed by atoms with Gasteiger partial charge in [-0.3, -0.25) is 4.57 Å². The van der Waals surface area contributed by atoms with Crippen LogP contribution in [-0.4, -0.2) is 9.55 Å². The van der Waals surface area contributed by atoms with Crippen LogP contribution in [0.2, 0.25) is 0 Å². The van der Waals surface area contributed by atoms with Gasteiger partial charge in [-0.1, -0.05) is 0 Å². The lowest BCUT2D eigenvalue weighted by molar-refractivity contribution is 0.585. The van der Waals surface area contributed by atoms with Crippen LogP contribution in [0.1, 0.15) is 5.69 Å². The second-order valence-electron chi connectivity index (χ2n) is 3.18. The number of imidazole rings is 1. The minimum Gasteiger partial charge on any atom is -0.325 e. The van der Waals surface area contributed by atoms with Crippen molar-refractivity contribution < 1.29 is 8.78 Å². The van der Waals surface area contributed by atoms with Gasteiger partial charge in [0.05, 0.1) is 22.2 Å². The largest absolute Gasteiger partial charge is 0.325 e. The normalized spacial score (nSPS) is 10.8. The molecule has 0 unspecified atom stereocenters. The Morgan fingerprint density at radius 1 is 1.31 bits per heavy atom. The Labute approximate surface area is 99.0 Å². The Bertz CT molecular complexity index is 525. The number of nitrogens with two attached hydrogens (primary N) is 1. The van der Waals surface area contributed by atoms with Gasteiger partial charge < -0.3 is 5.73 Å². The maximum Gasteiger partial charge on any atom is 0.148 e. The quantitative estimate of drug-likeness (QED) is 0.862. The topological polar surface area (TPSA) is 43.8 Å². The van der Waals surface area contributed by atoms with E-state index in [-0.39, 0.29) is 16.7 Å². The molecule has 16 heavy (non-hydrogen) atoms. The summed E-state index contributed by atoms with van der Waals surface area (Å²) < 4.78 is 28.4. The molecule has 3 nitrogen and oxygen atoms in total. The molecular weight excluding hydrogens is 280 g/mol. The van der Waals surface area contributed by atoms with Gasteiger partial charge in [0.2, 0.25) is 0 Å². The van der Waals surface area contributed by atoms with Gasteiger partial charge in [0.25, 0.3) is 0 Å². The molecule has 0 bridgehead atoms. The number of aromatic nitrogens is 2. The molecule has 0 aliphatic heterocycles. The molecule has 0 spiro atoms. The zero-order chi connectivity index (χ0) is 11.7. The second kappa shape index (κ2) is 4.31. The molecule has 1 aromatic carbocycles. The van der Waals surface area contributed by atoms with Gasteiger partial charge in [0.1, 0.15) is 11.6 Å². The van der Waals surface area contributed by atoms with Crippen LogP contribution in [0, 0.1) is 11.6 Å². The van der Waals surface area contributed by atoms with Crippen LogP contribution < -0.4 is 5.73 Å². The highest BCUT2D eigenvalue weighted by molar-refractivity contribution is 9.10. The molecule has 2 aromatic rings. The zero-order valence-electron chi connectivity index (χ0n) is 8.12. The van der Waals surface area contributed by atoms with Gasteiger partial charge in [-0.15, -0.1) is 0 Å². The molecule has 84 valence electrons. The molecule has 1 heterocycles. The lowest BCUT2D eigenvalue weighted by atomic mass is 10.3. The summed E-state index contributed by atoms with van der Waals surface area (Å²) in [6.07, 6.45) is 2.91. The van der Waals surface area contributed by atoms with E-state index in [9.17, 15) is 8.78 Å². The SMILES string of the molecule is NCc1cncn1-c1cc(F)c(Br)cc1F. The standard InChI is InChI=1S/C10H8BrF2N3/c11-7-1-9(13)10(2-8(7)12)16-5-15-4-6(16)3-14/h1-2,4-5H,3,14H2. The Balaban J connectivity index is 2.60. The van der Waals surface area contributed by atoms with Gasteiger partial charge in [0, 0.05) is 18.8 Å². The minimum absolute atomic E-state index is 0.0863. The van der Waals surface area contributed by atoms with E-state index < -0.39 is 11.6 Å². The number of rotatable bonds is 2. The number of halogens is 3. The third-order valence-electron chi connectivity index (χ3n) is 2.17. The molecule has 0 aliphatic rings. The first-order chi connectivity index (χ1) is 7.63. The monoisotopic (exact) mass is 287 g/mol. The van der Waals surface area contributed by atoms with Crippen molar-refractivity contribution >= 4 is 15.9 Å². The van der Waals surface area contributed by atoms with Gasteiger partial charge >= 0.3 is 0 Å². The van der Waals surface area contributed by atoms with E-state index in [0.29, 0.717) is 5.69 Å². The molecule has 0 amide bonds. The summed E-state index contributed by atoms with van der Waals surface area (Å²) >= 11 is 2.91. The summed E-state index contributed by atoms with van der Waals surface area (Å²) in [5, 5.41) is 0. The van der Waals surface area contributed by atoms with E-state index >= 15 is 0 Å². The molecule has 1 aromatic heterocycles. The molecule has 0 fully saturated rings. The third-order valence-corrected chi connectivity index (χ3v) is 2.78. The van der Waals surface area contributed by atoms with Crippen LogP contribution in [0.15, 0.2) is 29.1 Å². The average molecular weight is 288 g/mol. The maximum absolute atomic E-state index is 13.6. The molecule has 0 aliphatic carbocycles. The second-order valence-corrected chi connectivity index (χ2v) is 4.03. The highest BCUT2D eigenvalue weighted by atomic mass is 79.9. The Hall–Kier alpha value is -1.27. The molecule has 6 heteroatoms. The fraction of sp³-hybridized carbons (Fsp3) is 0.100. The van der Waals surface area contributed by atoms with Crippen LogP contribution in [0.5, 0.6) is 0 Å². The van der Waals surface area contributed by atoms with Crippen LogP contribution in [-0.2, 0) is 6.54 Å². The smallest absolute Gasteiger partial charge is 0.148 e. The predicted molar refractivity (Wildman–Crippen MR) is 59.1 cm³/mol. The number of nitrogens with zero attached hydrogens (tertiary/aromatic N) is 2. The molecule has 0 radical (unpaired) electrons. The highest BCUT2D eigenvalue weighted by Gasteiger charge is 2.12. The van der Waals surface area contributed by atoms with Crippen molar-refractivity contribution in [2.75, 3.05) is 0 Å². The van der Waals surface area contributed by atoms with Crippen LogP contribution in [0.25, 0.3) is 5.69 Å². The van der Waals surface area contributed by atoms with Crippen molar-refractivity contribution in [3.05, 3.63) is 46.5 Å². The lowest BCUT2D eigenvalue weighted by Crippen LogP contribution is -2.06. The van der Waals surface area contributed by atoms with E-state index in [1.54, 1.807) is 0 Å². The number of hydrogen-bond acceptors (Lipinski definition) is 2. The summed E-state index contributed by atoms with van der Waals surface area (Å²) in [5.74, 6) is -1.07. The first kappa shape index (κ1) is 11.2. The van der Waals surface area contributed by atoms with Crippen molar-refractivity contribution in [2.24, 2.45) is 5.73 Å². The van der Waals surface area contributed by atoms with Crippen molar-refractivity contribution in [1.29, 1.82) is 0 Å². The third kappa shape index (κ3) is 1.85. The highest BCUT2D eigenvalue weighted by Crippen LogP contribution is 2.23. The van der Waals surface area contributed by atoms with E-state index in [1.165, 1.54) is 17.1 Å². The van der Waals surface area contributed by atoms with Crippen LogP contribution in [0.3, 0.4) is 0 Å². The summed E-state index contributed by atoms with van der Waals surface area (Å²) in [6.45, 7) is 0.205. The minimum atomic E-state index is -0.541. The maximum atomic E-state index is 13.6. The predicted octanol–water partition coefficient (Wildman–Crippen LogP) is 2.37. The molecule has 2 rings (SSSR count). The molecule has 0 saturated heterocycles. The van der Waals surface area contributed by atoms with E-state index in [4.69, 9.17) is 5.73 Å². The van der Waals surface area contributed by atoms with Crippen LogP contribution in [0.4, 0.5) is 8.78 Å². The zero-order valence-corrected chi connectivity index (χ0v) is 9.71. The Kier molecular flexibility index (Phi) is 3.02. The fourth-order valence-corrected chi connectivity index (χ4v) is 1.70. The van der Waals surface area contributed by atoms with Crippen LogP contribution >= 0.6 is 15.9 Å². The van der Waals surface area contributed by atoms with Crippen molar-refractivity contribution in [1.82, 2.24) is 9.55 Å². The lowest BCUT2D eigenvalue weighted by Gasteiger charge is -2.08. The Morgan fingerprint density at radius 3 is 2.75 bits per heavy atom. The number of hydrogen-bond donors (Lipinski definition) is 1. The molecular formula is C10H8BrF2N3. The van der Waals surface area contributed by atoms with E-state index in [0.717, 1.165) is 12.1 Å². The number of benzene rings is 1. The van der Waals surface area contributed by atoms with Gasteiger partial charge in [-0.05, 0) is 22.0 Å². The summed E-state index contributed by atoms with van der Waals surface area (Å²) in [4.78, 5) is 3.84. The van der Waals surface area contributed by atoms with Crippen molar-refractivity contribution in [2.45, 2.75) is 6.54 Å². The average Bonchev–Trinajstić information content (AvgIpc) is 2.71. The van der Waals surface area contributed by atoms with Crippen molar-refractivity contribution in [3.63, 3.8) is 0 Å². The van der Waals surface area contributed by atoms with Gasteiger partial charge in [-0.2, -0.15) is 0 Å². The Morgan fingerprint density at radius 2 is 2.06 bits per heavy atom. The van der Waals surface area contributed by atoms with Crippen molar-refractivity contribution in [3.8, 4) is 5.69 Å². The molecule has 2 N–H and O–H groups in total.